The molecule has 0 aromatic heterocycles. The van der Waals surface area contributed by atoms with Gasteiger partial charge >= 0.3 is 5.97 Å². The molecule has 0 aromatic carbocycles. The van der Waals surface area contributed by atoms with Gasteiger partial charge in [-0.05, 0) is 45.7 Å². The van der Waals surface area contributed by atoms with Crippen molar-refractivity contribution in [3.63, 3.8) is 0 Å². The predicted octanol–water partition coefficient (Wildman–Crippen LogP) is 2.61. The molecule has 2 atom stereocenters. The third-order valence-corrected chi connectivity index (χ3v) is 4.46. The van der Waals surface area contributed by atoms with Crippen molar-refractivity contribution >= 4 is 5.97 Å². The molecule has 16 heavy (non-hydrogen) atoms. The SMILES string of the molecule is CCC(C)C(C)N1CCC(C)(C(=O)O)CC1. The highest BCUT2D eigenvalue weighted by atomic mass is 16.4. The van der Waals surface area contributed by atoms with E-state index in [1.54, 1.807) is 0 Å². The topological polar surface area (TPSA) is 40.5 Å². The minimum absolute atomic E-state index is 0.494. The van der Waals surface area contributed by atoms with Crippen molar-refractivity contribution in [1.29, 1.82) is 0 Å². The highest BCUT2D eigenvalue weighted by molar-refractivity contribution is 5.74. The summed E-state index contributed by atoms with van der Waals surface area (Å²) in [5, 5.41) is 9.16. The average molecular weight is 227 g/mol. The van der Waals surface area contributed by atoms with Crippen LogP contribution < -0.4 is 0 Å². The van der Waals surface area contributed by atoms with Gasteiger partial charge in [-0.1, -0.05) is 20.3 Å². The molecule has 0 aliphatic carbocycles. The summed E-state index contributed by atoms with van der Waals surface area (Å²) < 4.78 is 0. The molecule has 0 bridgehead atoms. The van der Waals surface area contributed by atoms with Gasteiger partial charge in [0.2, 0.25) is 0 Å². The molecule has 1 aliphatic heterocycles. The van der Waals surface area contributed by atoms with E-state index in [0.717, 1.165) is 25.9 Å². The van der Waals surface area contributed by atoms with Gasteiger partial charge in [0, 0.05) is 6.04 Å². The van der Waals surface area contributed by atoms with E-state index >= 15 is 0 Å². The lowest BCUT2D eigenvalue weighted by Gasteiger charge is -2.41. The molecule has 1 fully saturated rings. The average Bonchev–Trinajstić information content (AvgIpc) is 2.28. The van der Waals surface area contributed by atoms with E-state index in [4.69, 9.17) is 5.11 Å². The molecule has 3 nitrogen and oxygen atoms in total. The van der Waals surface area contributed by atoms with Gasteiger partial charge < -0.3 is 10.0 Å². The molecule has 0 amide bonds. The molecule has 1 aliphatic rings. The van der Waals surface area contributed by atoms with Gasteiger partial charge in [0.25, 0.3) is 0 Å². The molecule has 0 aromatic rings. The number of nitrogens with zero attached hydrogens (tertiary/aromatic N) is 1. The second-order valence-corrected chi connectivity index (χ2v) is 5.53. The van der Waals surface area contributed by atoms with Crippen LogP contribution in [0.1, 0.15) is 47.0 Å². The number of aliphatic carboxylic acids is 1. The molecular weight excluding hydrogens is 202 g/mol. The van der Waals surface area contributed by atoms with E-state index in [2.05, 4.69) is 25.7 Å². The molecular formula is C13H25NO2. The van der Waals surface area contributed by atoms with Crippen molar-refractivity contribution < 1.29 is 9.90 Å². The fourth-order valence-corrected chi connectivity index (χ4v) is 2.34. The molecule has 1 N–H and O–H groups in total. The lowest BCUT2D eigenvalue weighted by Crippen LogP contribution is -2.47. The standard InChI is InChI=1S/C13H25NO2/c1-5-10(2)11(3)14-8-6-13(4,7-9-14)12(15)16/h10-11H,5-9H2,1-4H3,(H,15,16). The Hall–Kier alpha value is -0.570. The molecule has 1 heterocycles. The number of piperidine rings is 1. The normalized spacial score (nSPS) is 25.0. The van der Waals surface area contributed by atoms with Gasteiger partial charge in [0.15, 0.2) is 0 Å². The second kappa shape index (κ2) is 5.17. The van der Waals surface area contributed by atoms with Crippen molar-refractivity contribution in [2.45, 2.75) is 53.0 Å². The molecule has 1 rings (SSSR count). The monoisotopic (exact) mass is 227 g/mol. The third kappa shape index (κ3) is 2.76. The Bertz CT molecular complexity index is 244. The maximum absolute atomic E-state index is 11.1. The molecule has 0 radical (unpaired) electrons. The minimum Gasteiger partial charge on any atom is -0.481 e. The molecule has 1 saturated heterocycles. The van der Waals surface area contributed by atoms with Gasteiger partial charge in [-0.15, -0.1) is 0 Å². The summed E-state index contributed by atoms with van der Waals surface area (Å²) >= 11 is 0. The van der Waals surface area contributed by atoms with Crippen molar-refractivity contribution in [2.24, 2.45) is 11.3 Å². The molecule has 3 heteroatoms. The van der Waals surface area contributed by atoms with Crippen LogP contribution in [0.3, 0.4) is 0 Å². The first-order chi connectivity index (χ1) is 7.40. The van der Waals surface area contributed by atoms with E-state index in [0.29, 0.717) is 12.0 Å². The Kier molecular flexibility index (Phi) is 4.36. The van der Waals surface area contributed by atoms with Crippen molar-refractivity contribution in [2.75, 3.05) is 13.1 Å². The minimum atomic E-state index is -0.636. The Morgan fingerprint density at radius 2 is 1.88 bits per heavy atom. The highest BCUT2D eigenvalue weighted by Gasteiger charge is 2.38. The molecule has 0 saturated carbocycles. The second-order valence-electron chi connectivity index (χ2n) is 5.53. The first kappa shape index (κ1) is 13.5. The first-order valence-electron chi connectivity index (χ1n) is 6.38. The lowest BCUT2D eigenvalue weighted by molar-refractivity contribution is -0.151. The third-order valence-electron chi connectivity index (χ3n) is 4.46. The Balaban J connectivity index is 2.52. The zero-order valence-electron chi connectivity index (χ0n) is 11.0. The Labute approximate surface area is 98.8 Å². The number of hydrogen-bond donors (Lipinski definition) is 1. The van der Waals surface area contributed by atoms with E-state index in [1.807, 2.05) is 6.92 Å². The van der Waals surface area contributed by atoms with E-state index in [9.17, 15) is 4.79 Å². The van der Waals surface area contributed by atoms with E-state index < -0.39 is 11.4 Å². The lowest BCUT2D eigenvalue weighted by atomic mass is 9.79. The number of carbonyl (C=O) groups is 1. The summed E-state index contributed by atoms with van der Waals surface area (Å²) in [6, 6.07) is 0.573. The van der Waals surface area contributed by atoms with E-state index in [1.165, 1.54) is 6.42 Å². The summed E-state index contributed by atoms with van der Waals surface area (Å²) in [7, 11) is 0. The van der Waals surface area contributed by atoms with Crippen LogP contribution in [-0.4, -0.2) is 35.1 Å². The maximum atomic E-state index is 11.1. The fraction of sp³-hybridized carbons (Fsp3) is 0.923. The summed E-state index contributed by atoms with van der Waals surface area (Å²) in [6.45, 7) is 10.5. The molecule has 0 spiro atoms. The van der Waals surface area contributed by atoms with Crippen LogP contribution in [0.5, 0.6) is 0 Å². The van der Waals surface area contributed by atoms with Crippen LogP contribution in [0.2, 0.25) is 0 Å². The molecule has 94 valence electrons. The van der Waals surface area contributed by atoms with Crippen LogP contribution in [0.4, 0.5) is 0 Å². The molecule has 2 unspecified atom stereocenters. The zero-order valence-corrected chi connectivity index (χ0v) is 11.0. The van der Waals surface area contributed by atoms with Gasteiger partial charge in [-0.25, -0.2) is 0 Å². The quantitative estimate of drug-likeness (QED) is 0.802. The Morgan fingerprint density at radius 1 is 1.38 bits per heavy atom. The van der Waals surface area contributed by atoms with Gasteiger partial charge in [0.05, 0.1) is 5.41 Å². The number of hydrogen-bond acceptors (Lipinski definition) is 2. The van der Waals surface area contributed by atoms with Crippen molar-refractivity contribution in [3.8, 4) is 0 Å². The number of carboxylic acid groups (broad SMARTS) is 1. The van der Waals surface area contributed by atoms with Gasteiger partial charge in [0.1, 0.15) is 0 Å². The smallest absolute Gasteiger partial charge is 0.309 e. The highest BCUT2D eigenvalue weighted by Crippen LogP contribution is 2.32. The van der Waals surface area contributed by atoms with Crippen LogP contribution in [0, 0.1) is 11.3 Å². The number of carboxylic acids is 1. The van der Waals surface area contributed by atoms with Crippen molar-refractivity contribution in [1.82, 2.24) is 4.90 Å². The summed E-state index contributed by atoms with van der Waals surface area (Å²) in [4.78, 5) is 13.6. The van der Waals surface area contributed by atoms with Gasteiger partial charge in [-0.2, -0.15) is 0 Å². The van der Waals surface area contributed by atoms with Crippen LogP contribution in [-0.2, 0) is 4.79 Å². The predicted molar refractivity (Wildman–Crippen MR) is 65.5 cm³/mol. The summed E-state index contributed by atoms with van der Waals surface area (Å²) in [5.41, 5.74) is -0.494. The summed E-state index contributed by atoms with van der Waals surface area (Å²) in [6.07, 6.45) is 2.75. The zero-order chi connectivity index (χ0) is 12.3. The largest absolute Gasteiger partial charge is 0.481 e. The number of likely N-dealkylation sites (tertiary alicyclic amines) is 1. The van der Waals surface area contributed by atoms with Crippen molar-refractivity contribution in [3.05, 3.63) is 0 Å². The van der Waals surface area contributed by atoms with Crippen LogP contribution in [0.15, 0.2) is 0 Å². The van der Waals surface area contributed by atoms with Crippen LogP contribution >= 0.6 is 0 Å². The summed E-state index contributed by atoms with van der Waals surface area (Å²) in [5.74, 6) is 0.0533. The Morgan fingerprint density at radius 3 is 2.25 bits per heavy atom. The first-order valence-corrected chi connectivity index (χ1v) is 6.38. The van der Waals surface area contributed by atoms with Gasteiger partial charge in [-0.3, -0.25) is 4.79 Å². The van der Waals surface area contributed by atoms with E-state index in [-0.39, 0.29) is 0 Å². The van der Waals surface area contributed by atoms with Crippen LogP contribution in [0.25, 0.3) is 0 Å². The maximum Gasteiger partial charge on any atom is 0.309 e. The number of rotatable bonds is 4. The fourth-order valence-electron chi connectivity index (χ4n) is 2.34.